The lowest BCUT2D eigenvalue weighted by Gasteiger charge is -2.03. The predicted octanol–water partition coefficient (Wildman–Crippen LogP) is 4.90. The van der Waals surface area contributed by atoms with E-state index in [0.29, 0.717) is 22.6 Å². The first-order valence-corrected chi connectivity index (χ1v) is 12.8. The van der Waals surface area contributed by atoms with Gasteiger partial charge in [-0.05, 0) is 60.7 Å². The van der Waals surface area contributed by atoms with Crippen LogP contribution >= 0.6 is 23.5 Å². The van der Waals surface area contributed by atoms with E-state index in [0.717, 1.165) is 36.1 Å². The van der Waals surface area contributed by atoms with Crippen LogP contribution in [0.4, 0.5) is 0 Å². The van der Waals surface area contributed by atoms with Gasteiger partial charge in [0.1, 0.15) is 23.0 Å². The van der Waals surface area contributed by atoms with E-state index >= 15 is 0 Å². The van der Waals surface area contributed by atoms with Crippen LogP contribution in [-0.4, -0.2) is 73.0 Å². The van der Waals surface area contributed by atoms with Crippen molar-refractivity contribution >= 4 is 36.0 Å². The molecule has 6 nitrogen and oxygen atoms in total. The Kier molecular flexibility index (Phi) is 12.5. The zero-order valence-corrected chi connectivity index (χ0v) is 20.3. The number of rotatable bonds is 15. The van der Waals surface area contributed by atoms with E-state index in [4.69, 9.17) is 9.47 Å². The Morgan fingerprint density at radius 1 is 0.719 bits per heavy atom. The molecule has 0 aromatic heterocycles. The van der Waals surface area contributed by atoms with Crippen molar-refractivity contribution in [1.29, 1.82) is 0 Å². The van der Waals surface area contributed by atoms with Crippen LogP contribution in [-0.2, 0) is 0 Å². The Hall–Kier alpha value is -2.32. The number of benzene rings is 2. The van der Waals surface area contributed by atoms with E-state index in [-0.39, 0.29) is 11.5 Å². The summed E-state index contributed by atoms with van der Waals surface area (Å²) in [6.45, 7) is 1.47. The predicted molar refractivity (Wildman–Crippen MR) is 138 cm³/mol. The highest BCUT2D eigenvalue weighted by Gasteiger charge is 2.01. The van der Waals surface area contributed by atoms with E-state index < -0.39 is 0 Å². The normalized spacial score (nSPS) is 11.4. The number of thioether (sulfide) groups is 2. The number of hydrogen-bond acceptors (Lipinski definition) is 8. The summed E-state index contributed by atoms with van der Waals surface area (Å²) < 4.78 is 10.3. The quantitative estimate of drug-likeness (QED) is 0.281. The van der Waals surface area contributed by atoms with Gasteiger partial charge in [-0.3, -0.25) is 9.98 Å². The third-order valence-corrected chi connectivity index (χ3v) is 6.58. The Bertz CT molecular complexity index is 804. The summed E-state index contributed by atoms with van der Waals surface area (Å²) in [5.41, 5.74) is 1.35. The third kappa shape index (κ3) is 9.87. The van der Waals surface area contributed by atoms with Gasteiger partial charge in [0.05, 0.1) is 14.2 Å². The monoisotopic (exact) mass is 476 g/mol. The molecule has 0 saturated carbocycles. The fourth-order valence-corrected chi connectivity index (χ4v) is 4.39. The van der Waals surface area contributed by atoms with Crippen LogP contribution in [0.2, 0.25) is 0 Å². The molecule has 0 atom stereocenters. The zero-order chi connectivity index (χ0) is 23.0. The van der Waals surface area contributed by atoms with Gasteiger partial charge in [0.15, 0.2) is 0 Å². The van der Waals surface area contributed by atoms with Gasteiger partial charge < -0.3 is 19.7 Å². The summed E-state index contributed by atoms with van der Waals surface area (Å²) >= 11 is 3.81. The number of aromatic hydroxyl groups is 2. The van der Waals surface area contributed by atoms with E-state index in [9.17, 15) is 10.2 Å². The fraction of sp³-hybridized carbons (Fsp3) is 0.417. The van der Waals surface area contributed by atoms with E-state index in [1.807, 2.05) is 23.5 Å². The molecule has 0 heterocycles. The SMILES string of the molecule is COc1ccc(O)c(C=NCCSCCCCSCCN=Cc2cc(OC)ccc2O)c1. The lowest BCUT2D eigenvalue weighted by molar-refractivity contribution is 0.412. The van der Waals surface area contributed by atoms with Crippen molar-refractivity contribution in [3.05, 3.63) is 47.5 Å². The Morgan fingerprint density at radius 3 is 1.56 bits per heavy atom. The minimum absolute atomic E-state index is 0.212. The second-order valence-electron chi connectivity index (χ2n) is 6.85. The van der Waals surface area contributed by atoms with Crippen molar-refractivity contribution in [1.82, 2.24) is 0 Å². The van der Waals surface area contributed by atoms with Crippen molar-refractivity contribution in [3.8, 4) is 23.0 Å². The average molecular weight is 477 g/mol. The first kappa shape index (κ1) is 25.9. The third-order valence-electron chi connectivity index (χ3n) is 4.49. The Balaban J connectivity index is 1.47. The van der Waals surface area contributed by atoms with Crippen LogP contribution in [0.15, 0.2) is 46.4 Å². The number of phenols is 2. The summed E-state index contributed by atoms with van der Waals surface area (Å²) in [6, 6.07) is 10.2. The lowest BCUT2D eigenvalue weighted by atomic mass is 10.2. The number of methoxy groups -OCH3 is 2. The molecule has 174 valence electrons. The van der Waals surface area contributed by atoms with Crippen molar-refractivity contribution in [2.75, 3.05) is 50.3 Å². The van der Waals surface area contributed by atoms with Crippen LogP contribution in [0.1, 0.15) is 24.0 Å². The molecule has 0 bridgehead atoms. The van der Waals surface area contributed by atoms with E-state index in [1.54, 1.807) is 63.0 Å². The molecular formula is C24H32N2O4S2. The highest BCUT2D eigenvalue weighted by molar-refractivity contribution is 7.99. The molecule has 8 heteroatoms. The molecule has 0 fully saturated rings. The molecule has 0 aliphatic rings. The van der Waals surface area contributed by atoms with Gasteiger partial charge >= 0.3 is 0 Å². The van der Waals surface area contributed by atoms with Gasteiger partial charge in [0.2, 0.25) is 0 Å². The van der Waals surface area contributed by atoms with Gasteiger partial charge in [-0.1, -0.05) is 0 Å². The minimum atomic E-state index is 0.212. The maximum absolute atomic E-state index is 9.83. The van der Waals surface area contributed by atoms with Gasteiger partial charge in [-0.15, -0.1) is 0 Å². The molecule has 2 rings (SSSR count). The molecule has 0 amide bonds. The topological polar surface area (TPSA) is 83.6 Å². The number of nitrogens with zero attached hydrogens (tertiary/aromatic N) is 2. The first-order valence-electron chi connectivity index (χ1n) is 10.5. The van der Waals surface area contributed by atoms with Crippen molar-refractivity contribution < 1.29 is 19.7 Å². The summed E-state index contributed by atoms with van der Waals surface area (Å²) in [4.78, 5) is 8.78. The molecular weight excluding hydrogens is 444 g/mol. The smallest absolute Gasteiger partial charge is 0.124 e. The molecule has 2 N–H and O–H groups in total. The van der Waals surface area contributed by atoms with Gasteiger partial charge in [-0.25, -0.2) is 0 Å². The summed E-state index contributed by atoms with van der Waals surface area (Å²) in [5, 5.41) is 19.7. The fourth-order valence-electron chi connectivity index (χ4n) is 2.70. The molecule has 0 saturated heterocycles. The molecule has 0 radical (unpaired) electrons. The molecule has 32 heavy (non-hydrogen) atoms. The number of hydrogen-bond donors (Lipinski definition) is 2. The van der Waals surface area contributed by atoms with Crippen molar-refractivity contribution in [3.63, 3.8) is 0 Å². The zero-order valence-electron chi connectivity index (χ0n) is 18.7. The number of ether oxygens (including phenoxy) is 2. The molecule has 2 aromatic carbocycles. The Morgan fingerprint density at radius 2 is 1.16 bits per heavy atom. The van der Waals surface area contributed by atoms with Crippen molar-refractivity contribution in [2.24, 2.45) is 9.98 Å². The second-order valence-corrected chi connectivity index (χ2v) is 9.30. The standard InChI is InChI=1S/C24H32N2O4S2/c1-29-21-5-7-23(27)19(15-21)17-25-9-13-31-11-3-4-12-32-14-10-26-18-20-16-22(30-2)6-8-24(20)28/h5-8,15-18,27-28H,3-4,9-14H2,1-2H3. The molecule has 0 unspecified atom stereocenters. The van der Waals surface area contributed by atoms with Crippen LogP contribution in [0.5, 0.6) is 23.0 Å². The second kappa shape index (κ2) is 15.5. The highest BCUT2D eigenvalue weighted by Crippen LogP contribution is 2.22. The Labute approximate surface area is 199 Å². The molecule has 0 aliphatic carbocycles. The maximum atomic E-state index is 9.83. The van der Waals surface area contributed by atoms with E-state index in [1.165, 1.54) is 12.8 Å². The largest absolute Gasteiger partial charge is 0.507 e. The average Bonchev–Trinajstić information content (AvgIpc) is 2.81. The number of phenolic OH excluding ortho intramolecular Hbond substituents is 2. The van der Waals surface area contributed by atoms with Crippen molar-refractivity contribution in [2.45, 2.75) is 12.8 Å². The van der Waals surface area contributed by atoms with Gasteiger partial charge in [0.25, 0.3) is 0 Å². The number of unbranched alkanes of at least 4 members (excludes halogenated alkanes) is 1. The first-order chi connectivity index (χ1) is 15.6. The molecule has 2 aromatic rings. The molecule has 0 spiro atoms. The number of aliphatic imine (C=N–C) groups is 2. The summed E-state index contributed by atoms with van der Waals surface area (Å²) in [6.07, 6.45) is 5.79. The minimum Gasteiger partial charge on any atom is -0.507 e. The van der Waals surface area contributed by atoms with Crippen LogP contribution < -0.4 is 9.47 Å². The van der Waals surface area contributed by atoms with Crippen LogP contribution in [0, 0.1) is 0 Å². The lowest BCUT2D eigenvalue weighted by Crippen LogP contribution is -1.93. The van der Waals surface area contributed by atoms with E-state index in [2.05, 4.69) is 9.98 Å². The highest BCUT2D eigenvalue weighted by atomic mass is 32.2. The summed E-state index contributed by atoms with van der Waals surface area (Å²) in [5.74, 6) is 6.05. The summed E-state index contributed by atoms with van der Waals surface area (Å²) in [7, 11) is 3.21. The maximum Gasteiger partial charge on any atom is 0.124 e. The van der Waals surface area contributed by atoms with Crippen LogP contribution in [0.3, 0.4) is 0 Å². The van der Waals surface area contributed by atoms with Gasteiger partial charge in [-0.2, -0.15) is 23.5 Å². The van der Waals surface area contributed by atoms with Gasteiger partial charge in [0, 0.05) is 48.2 Å². The molecule has 0 aliphatic heterocycles. The van der Waals surface area contributed by atoms with Crippen LogP contribution in [0.25, 0.3) is 0 Å².